The molecule has 0 aromatic carbocycles. The van der Waals surface area contributed by atoms with E-state index in [1.54, 1.807) is 0 Å². The van der Waals surface area contributed by atoms with Gasteiger partial charge in [0.15, 0.2) is 0 Å². The molecule has 0 saturated heterocycles. The van der Waals surface area contributed by atoms with Crippen molar-refractivity contribution in [3.63, 3.8) is 0 Å². The van der Waals surface area contributed by atoms with Crippen molar-refractivity contribution >= 4 is 11.9 Å². The van der Waals surface area contributed by atoms with E-state index in [0.717, 1.165) is 0 Å². The molecule has 0 fully saturated rings. The van der Waals surface area contributed by atoms with E-state index in [-0.39, 0.29) is 78.9 Å². The summed E-state index contributed by atoms with van der Waals surface area (Å²) in [7, 11) is 0. The van der Waals surface area contributed by atoms with Gasteiger partial charge in [0.25, 0.3) is 0 Å². The Bertz CT molecular complexity index is 166. The van der Waals surface area contributed by atoms with Crippen LogP contribution in [0.1, 0.15) is 0 Å². The van der Waals surface area contributed by atoms with Crippen LogP contribution in [0, 0.1) is 0 Å². The molecule has 0 aliphatic heterocycles. The van der Waals surface area contributed by atoms with Crippen LogP contribution in [0.2, 0.25) is 0 Å². The molecule has 0 aromatic rings. The Morgan fingerprint density at radius 2 is 1.86 bits per heavy atom. The molecular formula is C6H10NNa2O5+. The molecule has 0 amide bonds. The molecule has 0 spiro atoms. The van der Waals surface area contributed by atoms with Crippen molar-refractivity contribution in [2.45, 2.75) is 0 Å². The van der Waals surface area contributed by atoms with E-state index in [2.05, 4.69) is 10.1 Å². The van der Waals surface area contributed by atoms with Gasteiger partial charge in [-0.25, -0.2) is 0 Å². The third-order valence-electron chi connectivity index (χ3n) is 0.893. The Balaban J connectivity index is -0.000000605. The zero-order valence-electron chi connectivity index (χ0n) is 8.41. The van der Waals surface area contributed by atoms with Crippen LogP contribution in [0.3, 0.4) is 0 Å². The summed E-state index contributed by atoms with van der Waals surface area (Å²) in [6, 6.07) is 0. The van der Waals surface area contributed by atoms with Crippen molar-refractivity contribution in [3.8, 4) is 0 Å². The second-order valence-corrected chi connectivity index (χ2v) is 1.92. The second kappa shape index (κ2) is 13.9. The summed E-state index contributed by atoms with van der Waals surface area (Å²) in [5.41, 5.74) is 0. The van der Waals surface area contributed by atoms with E-state index >= 15 is 0 Å². The van der Waals surface area contributed by atoms with Gasteiger partial charge in [-0.1, -0.05) is 0 Å². The number of rotatable bonds is 6. The molecule has 0 atom stereocenters. The smallest absolute Gasteiger partial charge is 0.549 e. The molecule has 0 unspecified atom stereocenters. The molecule has 0 aliphatic rings. The minimum absolute atomic E-state index is 0. The fraction of sp³-hybridized carbons (Fsp3) is 0.667. The molecule has 0 bridgehead atoms. The number of esters is 1. The second-order valence-electron chi connectivity index (χ2n) is 1.92. The van der Waals surface area contributed by atoms with Gasteiger partial charge >= 0.3 is 65.1 Å². The fourth-order valence-corrected chi connectivity index (χ4v) is 0.477. The van der Waals surface area contributed by atoms with Crippen LogP contribution in [0.5, 0.6) is 0 Å². The van der Waals surface area contributed by atoms with Gasteiger partial charge in [0.1, 0.15) is 6.61 Å². The van der Waals surface area contributed by atoms with E-state index in [9.17, 15) is 14.7 Å². The molecule has 0 radical (unpaired) electrons. The SMILES string of the molecule is O=C([O-])CNCC(=O)OCCO.[Na+].[Na+]. The Morgan fingerprint density at radius 1 is 1.29 bits per heavy atom. The minimum atomic E-state index is -1.29. The number of aliphatic hydroxyl groups is 1. The van der Waals surface area contributed by atoms with E-state index in [4.69, 9.17) is 5.11 Å². The molecular weight excluding hydrogens is 212 g/mol. The molecule has 70 valence electrons. The number of aliphatic carboxylic acids is 1. The Morgan fingerprint density at radius 3 is 2.29 bits per heavy atom. The number of carbonyl (C=O) groups excluding carboxylic acids is 2. The van der Waals surface area contributed by atoms with Crippen LogP contribution >= 0.6 is 0 Å². The average Bonchev–Trinajstić information content (AvgIpc) is 2.00. The summed E-state index contributed by atoms with van der Waals surface area (Å²) in [5.74, 6) is -1.89. The van der Waals surface area contributed by atoms with Crippen LogP contribution in [0.15, 0.2) is 0 Å². The third kappa shape index (κ3) is 15.3. The van der Waals surface area contributed by atoms with Crippen LogP contribution in [-0.2, 0) is 14.3 Å². The predicted molar refractivity (Wildman–Crippen MR) is 35.9 cm³/mol. The first-order chi connectivity index (χ1) is 5.66. The Kier molecular flexibility index (Phi) is 20.1. The van der Waals surface area contributed by atoms with Crippen molar-refractivity contribution in [1.82, 2.24) is 5.32 Å². The molecule has 0 aromatic heterocycles. The zero-order valence-corrected chi connectivity index (χ0v) is 12.4. The molecule has 0 saturated carbocycles. The maximum absolute atomic E-state index is 10.6. The van der Waals surface area contributed by atoms with E-state index in [1.165, 1.54) is 0 Å². The van der Waals surface area contributed by atoms with Crippen molar-refractivity contribution < 1.29 is 83.7 Å². The minimum Gasteiger partial charge on any atom is -0.549 e. The van der Waals surface area contributed by atoms with Crippen LogP contribution < -0.4 is 69.5 Å². The molecule has 6 nitrogen and oxygen atoms in total. The molecule has 2 N–H and O–H groups in total. The Hall–Kier alpha value is 0.860. The number of hydrogen-bond acceptors (Lipinski definition) is 6. The summed E-state index contributed by atoms with van der Waals surface area (Å²) >= 11 is 0. The van der Waals surface area contributed by atoms with Crippen LogP contribution in [0.25, 0.3) is 0 Å². The maximum Gasteiger partial charge on any atom is 1.00 e. The molecule has 14 heavy (non-hydrogen) atoms. The van der Waals surface area contributed by atoms with Crippen LogP contribution in [-0.4, -0.2) is 43.3 Å². The largest absolute Gasteiger partial charge is 1.00 e. The molecule has 8 heteroatoms. The number of ether oxygens (including phenoxy) is 1. The summed E-state index contributed by atoms with van der Waals surface area (Å²) < 4.78 is 4.41. The Labute approximate surface area is 126 Å². The fourth-order valence-electron chi connectivity index (χ4n) is 0.477. The number of carboxylic acids is 1. The molecule has 0 rings (SSSR count). The van der Waals surface area contributed by atoms with Gasteiger partial charge in [0, 0.05) is 6.54 Å². The number of aliphatic hydroxyl groups excluding tert-OH is 1. The van der Waals surface area contributed by atoms with E-state index in [1.807, 2.05) is 0 Å². The van der Waals surface area contributed by atoms with Crippen molar-refractivity contribution in [2.75, 3.05) is 26.3 Å². The van der Waals surface area contributed by atoms with Gasteiger partial charge in [-0.2, -0.15) is 0 Å². The first-order valence-electron chi connectivity index (χ1n) is 3.34. The van der Waals surface area contributed by atoms with Crippen molar-refractivity contribution in [3.05, 3.63) is 0 Å². The van der Waals surface area contributed by atoms with Gasteiger partial charge < -0.3 is 25.1 Å². The average molecular weight is 222 g/mol. The predicted octanol–water partition coefficient (Wildman–Crippen LogP) is -9.13. The number of carbonyl (C=O) groups is 2. The summed E-state index contributed by atoms with van der Waals surface area (Å²) in [6.45, 7) is -0.916. The normalized spacial score (nSPS) is 8.07. The monoisotopic (exact) mass is 222 g/mol. The standard InChI is InChI=1S/C6H11NO5.2Na/c8-1-2-12-6(11)4-7-3-5(9)10;;/h7-8H,1-4H2,(H,9,10);;/q;2*+1/p-1. The number of carboxylic acid groups (broad SMARTS) is 1. The van der Waals surface area contributed by atoms with Gasteiger partial charge in [0.2, 0.25) is 0 Å². The number of hydrogen-bond donors (Lipinski definition) is 2. The first kappa shape index (κ1) is 20.3. The topological polar surface area (TPSA) is 98.7 Å². The molecule has 0 aliphatic carbocycles. The number of nitrogens with one attached hydrogen (secondary N) is 1. The zero-order chi connectivity index (χ0) is 9.40. The van der Waals surface area contributed by atoms with E-state index < -0.39 is 18.5 Å². The summed E-state index contributed by atoms with van der Waals surface area (Å²) in [4.78, 5) is 20.4. The van der Waals surface area contributed by atoms with Gasteiger partial charge in [-0.15, -0.1) is 0 Å². The first-order valence-corrected chi connectivity index (χ1v) is 3.34. The van der Waals surface area contributed by atoms with Crippen molar-refractivity contribution in [2.24, 2.45) is 0 Å². The van der Waals surface area contributed by atoms with Gasteiger partial charge in [-0.3, -0.25) is 4.79 Å². The third-order valence-corrected chi connectivity index (χ3v) is 0.893. The quantitative estimate of drug-likeness (QED) is 0.342. The van der Waals surface area contributed by atoms with E-state index in [0.29, 0.717) is 0 Å². The summed E-state index contributed by atoms with van der Waals surface area (Å²) in [5, 5.41) is 20.3. The van der Waals surface area contributed by atoms with Gasteiger partial charge in [-0.05, 0) is 0 Å². The van der Waals surface area contributed by atoms with Crippen molar-refractivity contribution in [1.29, 1.82) is 0 Å². The van der Waals surface area contributed by atoms with Crippen LogP contribution in [0.4, 0.5) is 0 Å². The summed E-state index contributed by atoms with van der Waals surface area (Å²) in [6.07, 6.45) is 0. The molecule has 0 heterocycles. The van der Waals surface area contributed by atoms with Gasteiger partial charge in [0.05, 0.1) is 19.1 Å². The maximum atomic E-state index is 10.6.